The average molecular weight is 290 g/mol. The molecule has 1 unspecified atom stereocenters. The van der Waals surface area contributed by atoms with Gasteiger partial charge in [0, 0.05) is 38.4 Å². The molecule has 116 valence electrons. The second-order valence-corrected chi connectivity index (χ2v) is 6.03. The van der Waals surface area contributed by atoms with Crippen molar-refractivity contribution in [1.29, 1.82) is 0 Å². The van der Waals surface area contributed by atoms with Crippen molar-refractivity contribution in [3.05, 3.63) is 29.3 Å². The van der Waals surface area contributed by atoms with Gasteiger partial charge in [0.15, 0.2) is 0 Å². The van der Waals surface area contributed by atoms with Gasteiger partial charge in [-0.2, -0.15) is 0 Å². The van der Waals surface area contributed by atoms with Crippen molar-refractivity contribution in [3.8, 4) is 5.75 Å². The van der Waals surface area contributed by atoms with Crippen molar-refractivity contribution < 1.29 is 9.53 Å². The number of benzene rings is 1. The summed E-state index contributed by atoms with van der Waals surface area (Å²) in [5, 5.41) is 0. The number of nitrogens with two attached hydrogens (primary N) is 1. The summed E-state index contributed by atoms with van der Waals surface area (Å²) < 4.78 is 6.04. The Kier molecular flexibility index (Phi) is 5.23. The molecule has 4 nitrogen and oxygen atoms in total. The molecular weight excluding hydrogens is 264 g/mol. The fourth-order valence-electron chi connectivity index (χ4n) is 2.59. The standard InChI is InChI=1S/C17H26N2O2/c1-12-4-5-16(10-13(12)2)21-15-6-8-19(9-7-15)17(20)14(3)11-18/h4-5,10,14-15H,6-9,11,18H2,1-3H3. The largest absolute Gasteiger partial charge is 0.490 e. The molecule has 1 fully saturated rings. The van der Waals surface area contributed by atoms with Gasteiger partial charge in [-0.25, -0.2) is 0 Å². The molecule has 1 aliphatic rings. The molecule has 2 N–H and O–H groups in total. The van der Waals surface area contributed by atoms with Gasteiger partial charge < -0.3 is 15.4 Å². The number of hydrogen-bond acceptors (Lipinski definition) is 3. The third-order valence-corrected chi connectivity index (χ3v) is 4.31. The van der Waals surface area contributed by atoms with E-state index in [1.165, 1.54) is 11.1 Å². The molecule has 0 spiro atoms. The minimum Gasteiger partial charge on any atom is -0.490 e. The van der Waals surface area contributed by atoms with Crippen LogP contribution in [0.4, 0.5) is 0 Å². The first-order chi connectivity index (χ1) is 10.0. The third-order valence-electron chi connectivity index (χ3n) is 4.31. The van der Waals surface area contributed by atoms with Crippen molar-refractivity contribution in [3.63, 3.8) is 0 Å². The Morgan fingerprint density at radius 1 is 1.33 bits per heavy atom. The minimum atomic E-state index is -0.0813. The van der Waals surface area contributed by atoms with Crippen molar-refractivity contribution >= 4 is 5.91 Å². The number of carbonyl (C=O) groups excluding carboxylic acids is 1. The number of likely N-dealkylation sites (tertiary alicyclic amines) is 1. The minimum absolute atomic E-state index is 0.0813. The molecule has 4 heteroatoms. The van der Waals surface area contributed by atoms with Crippen LogP contribution in [-0.4, -0.2) is 36.5 Å². The monoisotopic (exact) mass is 290 g/mol. The van der Waals surface area contributed by atoms with Gasteiger partial charge in [-0.05, 0) is 37.1 Å². The summed E-state index contributed by atoms with van der Waals surface area (Å²) in [6.45, 7) is 8.02. The van der Waals surface area contributed by atoms with Crippen LogP contribution in [0.15, 0.2) is 18.2 Å². The quantitative estimate of drug-likeness (QED) is 0.925. The van der Waals surface area contributed by atoms with Crippen molar-refractivity contribution in [2.75, 3.05) is 19.6 Å². The zero-order chi connectivity index (χ0) is 15.4. The number of amides is 1. The van der Waals surface area contributed by atoms with Gasteiger partial charge in [-0.15, -0.1) is 0 Å². The van der Waals surface area contributed by atoms with Gasteiger partial charge in [0.05, 0.1) is 0 Å². The Morgan fingerprint density at radius 3 is 2.57 bits per heavy atom. The van der Waals surface area contributed by atoms with Gasteiger partial charge >= 0.3 is 0 Å². The van der Waals surface area contributed by atoms with Crippen LogP contribution in [0.2, 0.25) is 0 Å². The molecule has 0 saturated carbocycles. The van der Waals surface area contributed by atoms with E-state index in [4.69, 9.17) is 10.5 Å². The van der Waals surface area contributed by atoms with Gasteiger partial charge in [0.2, 0.25) is 5.91 Å². The van der Waals surface area contributed by atoms with Crippen LogP contribution in [-0.2, 0) is 4.79 Å². The summed E-state index contributed by atoms with van der Waals surface area (Å²) >= 11 is 0. The lowest BCUT2D eigenvalue weighted by molar-refractivity contribution is -0.136. The maximum absolute atomic E-state index is 12.1. The first-order valence-corrected chi connectivity index (χ1v) is 7.74. The van der Waals surface area contributed by atoms with Crippen LogP contribution in [0.5, 0.6) is 5.75 Å². The molecule has 0 bridgehead atoms. The summed E-state index contributed by atoms with van der Waals surface area (Å²) in [5.74, 6) is 1.02. The van der Waals surface area contributed by atoms with E-state index in [1.54, 1.807) is 0 Å². The Hall–Kier alpha value is -1.55. The van der Waals surface area contributed by atoms with Gasteiger partial charge in [0.25, 0.3) is 0 Å². The molecule has 1 atom stereocenters. The molecule has 1 heterocycles. The van der Waals surface area contributed by atoms with Gasteiger partial charge in [0.1, 0.15) is 11.9 Å². The Morgan fingerprint density at radius 2 is 2.00 bits per heavy atom. The highest BCUT2D eigenvalue weighted by Crippen LogP contribution is 2.22. The third kappa shape index (κ3) is 3.97. The van der Waals surface area contributed by atoms with E-state index in [0.29, 0.717) is 6.54 Å². The van der Waals surface area contributed by atoms with Crippen LogP contribution in [0, 0.1) is 19.8 Å². The first kappa shape index (κ1) is 15.8. The molecule has 1 saturated heterocycles. The summed E-state index contributed by atoms with van der Waals surface area (Å²) in [6, 6.07) is 6.20. The lowest BCUT2D eigenvalue weighted by Crippen LogP contribution is -2.45. The molecule has 1 aromatic carbocycles. The van der Waals surface area contributed by atoms with Gasteiger partial charge in [-0.1, -0.05) is 13.0 Å². The van der Waals surface area contributed by atoms with E-state index in [1.807, 2.05) is 17.9 Å². The highest BCUT2D eigenvalue weighted by molar-refractivity contribution is 5.78. The number of aryl methyl sites for hydroxylation is 2. The van der Waals surface area contributed by atoms with Crippen LogP contribution in [0.1, 0.15) is 30.9 Å². The number of ether oxygens (including phenoxy) is 1. The summed E-state index contributed by atoms with van der Waals surface area (Å²) in [6.07, 6.45) is 1.97. The van der Waals surface area contributed by atoms with E-state index < -0.39 is 0 Å². The average Bonchev–Trinajstić information content (AvgIpc) is 2.50. The zero-order valence-electron chi connectivity index (χ0n) is 13.3. The molecule has 1 amide bonds. The normalized spacial score (nSPS) is 17.6. The number of rotatable bonds is 4. The Bertz CT molecular complexity index is 494. The SMILES string of the molecule is Cc1ccc(OC2CCN(C(=O)C(C)CN)CC2)cc1C. The van der Waals surface area contributed by atoms with Crippen LogP contribution in [0.25, 0.3) is 0 Å². The van der Waals surface area contributed by atoms with Crippen LogP contribution in [0.3, 0.4) is 0 Å². The van der Waals surface area contributed by atoms with E-state index in [9.17, 15) is 4.79 Å². The molecule has 21 heavy (non-hydrogen) atoms. The van der Waals surface area contributed by atoms with Crippen molar-refractivity contribution in [1.82, 2.24) is 4.90 Å². The number of piperidine rings is 1. The van der Waals surface area contributed by atoms with Gasteiger partial charge in [-0.3, -0.25) is 4.79 Å². The number of hydrogen-bond donors (Lipinski definition) is 1. The predicted octanol–water partition coefficient (Wildman–Crippen LogP) is 2.27. The van der Waals surface area contributed by atoms with E-state index >= 15 is 0 Å². The maximum atomic E-state index is 12.1. The molecule has 1 aromatic rings. The molecule has 0 radical (unpaired) electrons. The van der Waals surface area contributed by atoms with E-state index in [-0.39, 0.29) is 17.9 Å². The topological polar surface area (TPSA) is 55.6 Å². The molecule has 0 aliphatic carbocycles. The predicted molar refractivity (Wildman–Crippen MR) is 84.4 cm³/mol. The highest BCUT2D eigenvalue weighted by atomic mass is 16.5. The van der Waals surface area contributed by atoms with Crippen LogP contribution >= 0.6 is 0 Å². The van der Waals surface area contributed by atoms with Crippen molar-refractivity contribution in [2.24, 2.45) is 11.7 Å². The lowest BCUT2D eigenvalue weighted by Gasteiger charge is -2.33. The molecule has 0 aromatic heterocycles. The van der Waals surface area contributed by atoms with Crippen LogP contribution < -0.4 is 10.5 Å². The zero-order valence-corrected chi connectivity index (χ0v) is 13.3. The first-order valence-electron chi connectivity index (χ1n) is 7.74. The van der Waals surface area contributed by atoms with E-state index in [2.05, 4.69) is 26.0 Å². The number of nitrogens with zero attached hydrogens (tertiary/aromatic N) is 1. The fourth-order valence-corrected chi connectivity index (χ4v) is 2.59. The van der Waals surface area contributed by atoms with E-state index in [0.717, 1.165) is 31.7 Å². The Balaban J connectivity index is 1.86. The molecular formula is C17H26N2O2. The highest BCUT2D eigenvalue weighted by Gasteiger charge is 2.26. The molecule has 1 aliphatic heterocycles. The second kappa shape index (κ2) is 6.94. The summed E-state index contributed by atoms with van der Waals surface area (Å²) in [5.41, 5.74) is 8.09. The smallest absolute Gasteiger partial charge is 0.226 e. The molecule has 2 rings (SSSR count). The number of carbonyl (C=O) groups is 1. The fraction of sp³-hybridized carbons (Fsp3) is 0.588. The van der Waals surface area contributed by atoms with Crippen molar-refractivity contribution in [2.45, 2.75) is 39.7 Å². The lowest BCUT2D eigenvalue weighted by atomic mass is 10.0. The maximum Gasteiger partial charge on any atom is 0.226 e. The summed E-state index contributed by atoms with van der Waals surface area (Å²) in [4.78, 5) is 14.0. The Labute approximate surface area is 127 Å². The second-order valence-electron chi connectivity index (χ2n) is 6.03. The summed E-state index contributed by atoms with van der Waals surface area (Å²) in [7, 11) is 0.